The van der Waals surface area contributed by atoms with Crippen LogP contribution >= 0.6 is 11.8 Å². The van der Waals surface area contributed by atoms with E-state index in [9.17, 15) is 0 Å². The first kappa shape index (κ1) is 15.3. The molecule has 0 saturated heterocycles. The molecule has 8 nitrogen and oxygen atoms in total. The Kier molecular flexibility index (Phi) is 3.90. The Hall–Kier alpha value is -3.20. The van der Waals surface area contributed by atoms with E-state index in [1.165, 1.54) is 18.1 Å². The second-order valence-electron chi connectivity index (χ2n) is 5.24. The summed E-state index contributed by atoms with van der Waals surface area (Å²) < 4.78 is 1.71. The number of nitrogens with one attached hydrogen (secondary N) is 1. The summed E-state index contributed by atoms with van der Waals surface area (Å²) in [5.74, 6) is 1.29. The van der Waals surface area contributed by atoms with Crippen LogP contribution in [0.4, 0.5) is 17.3 Å². The topological polar surface area (TPSA) is 107 Å². The Morgan fingerprint density at radius 1 is 1.12 bits per heavy atom. The maximum absolute atomic E-state index is 5.96. The predicted molar refractivity (Wildman–Crippen MR) is 96.6 cm³/mol. The van der Waals surface area contributed by atoms with Crippen molar-refractivity contribution in [1.29, 1.82) is 0 Å². The van der Waals surface area contributed by atoms with Crippen LogP contribution in [0.2, 0.25) is 0 Å². The molecule has 0 atom stereocenters. The van der Waals surface area contributed by atoms with Crippen molar-refractivity contribution in [3.63, 3.8) is 0 Å². The average Bonchev–Trinajstić information content (AvgIpc) is 3.02. The van der Waals surface area contributed by atoms with Crippen molar-refractivity contribution in [2.45, 2.75) is 10.1 Å². The summed E-state index contributed by atoms with van der Waals surface area (Å²) in [4.78, 5) is 17.5. The summed E-state index contributed by atoms with van der Waals surface area (Å²) in [5, 5.41) is 8.95. The van der Waals surface area contributed by atoms with E-state index in [2.05, 4.69) is 30.4 Å². The second kappa shape index (κ2) is 6.36. The number of anilines is 3. The van der Waals surface area contributed by atoms with Crippen LogP contribution in [0.1, 0.15) is 0 Å². The van der Waals surface area contributed by atoms with E-state index >= 15 is 0 Å². The molecule has 0 aliphatic carbocycles. The lowest BCUT2D eigenvalue weighted by Crippen LogP contribution is -1.99. The Labute approximate surface area is 147 Å². The number of nitrogen functional groups attached to an aromatic ring is 1. The molecule has 4 aromatic rings. The van der Waals surface area contributed by atoms with Gasteiger partial charge in [-0.3, -0.25) is 4.68 Å². The molecular formula is C16H14N8S. The number of nitrogens with zero attached hydrogens (tertiary/aromatic N) is 6. The van der Waals surface area contributed by atoms with Crippen LogP contribution in [0, 0.1) is 0 Å². The third-order valence-corrected chi connectivity index (χ3v) is 4.39. The van der Waals surface area contributed by atoms with Gasteiger partial charge in [0.25, 0.3) is 0 Å². The Balaban J connectivity index is 1.71. The van der Waals surface area contributed by atoms with Crippen LogP contribution in [0.3, 0.4) is 0 Å². The minimum absolute atomic E-state index is 0.597. The highest BCUT2D eigenvalue weighted by Crippen LogP contribution is 2.30. The predicted octanol–water partition coefficient (Wildman–Crippen LogP) is 2.63. The molecule has 0 bridgehead atoms. The molecule has 0 aliphatic heterocycles. The van der Waals surface area contributed by atoms with E-state index in [1.807, 2.05) is 37.5 Å². The Bertz CT molecular complexity index is 1050. The fourth-order valence-corrected chi connectivity index (χ4v) is 3.03. The van der Waals surface area contributed by atoms with E-state index in [4.69, 9.17) is 5.73 Å². The number of hydrogen-bond acceptors (Lipinski definition) is 8. The van der Waals surface area contributed by atoms with E-state index in [1.54, 1.807) is 16.9 Å². The summed E-state index contributed by atoms with van der Waals surface area (Å²) in [5.41, 5.74) is 7.98. The first-order chi connectivity index (χ1) is 12.2. The molecule has 0 spiro atoms. The zero-order chi connectivity index (χ0) is 17.2. The maximum atomic E-state index is 5.96. The summed E-state index contributed by atoms with van der Waals surface area (Å²) in [6.07, 6.45) is 5.06. The largest absolute Gasteiger partial charge is 0.397 e. The lowest BCUT2D eigenvalue weighted by molar-refractivity contribution is 0.771. The number of nitrogens with two attached hydrogens (primary N) is 1. The third kappa shape index (κ3) is 3.22. The molecule has 0 unspecified atom stereocenters. The van der Waals surface area contributed by atoms with Gasteiger partial charge in [-0.2, -0.15) is 5.10 Å². The Morgan fingerprint density at radius 2 is 2.04 bits per heavy atom. The van der Waals surface area contributed by atoms with E-state index in [-0.39, 0.29) is 0 Å². The van der Waals surface area contributed by atoms with Crippen molar-refractivity contribution in [1.82, 2.24) is 29.7 Å². The SMILES string of the molecule is Cn1ccc(Nc2ncnc3ccc(Sc4ncccc4N)nc23)n1. The molecule has 0 aromatic carbocycles. The lowest BCUT2D eigenvalue weighted by Gasteiger charge is -2.07. The monoisotopic (exact) mass is 350 g/mol. The van der Waals surface area contributed by atoms with Gasteiger partial charge < -0.3 is 11.1 Å². The van der Waals surface area contributed by atoms with Crippen molar-refractivity contribution in [2.75, 3.05) is 11.1 Å². The zero-order valence-electron chi connectivity index (χ0n) is 13.3. The van der Waals surface area contributed by atoms with Crippen molar-refractivity contribution in [2.24, 2.45) is 7.05 Å². The van der Waals surface area contributed by atoms with Crippen molar-refractivity contribution in [3.05, 3.63) is 49.1 Å². The molecule has 0 amide bonds. The van der Waals surface area contributed by atoms with Gasteiger partial charge in [0.05, 0.1) is 11.2 Å². The van der Waals surface area contributed by atoms with Gasteiger partial charge in [-0.15, -0.1) is 0 Å². The molecule has 0 radical (unpaired) electrons. The number of hydrogen-bond donors (Lipinski definition) is 2. The first-order valence-electron chi connectivity index (χ1n) is 7.46. The molecule has 3 N–H and O–H groups in total. The van der Waals surface area contributed by atoms with Gasteiger partial charge in [0, 0.05) is 25.5 Å². The summed E-state index contributed by atoms with van der Waals surface area (Å²) in [6.45, 7) is 0. The molecule has 4 rings (SSSR count). The number of fused-ring (bicyclic) bond motifs is 1. The smallest absolute Gasteiger partial charge is 0.161 e. The number of aromatic nitrogens is 6. The van der Waals surface area contributed by atoms with Gasteiger partial charge in [0.2, 0.25) is 0 Å². The van der Waals surface area contributed by atoms with Crippen molar-refractivity contribution < 1.29 is 0 Å². The molecule has 0 aliphatic rings. The minimum Gasteiger partial charge on any atom is -0.397 e. The molecule has 0 fully saturated rings. The lowest BCUT2D eigenvalue weighted by atomic mass is 10.3. The number of rotatable bonds is 4. The number of aryl methyl sites for hydroxylation is 1. The van der Waals surface area contributed by atoms with E-state index < -0.39 is 0 Å². The Morgan fingerprint density at radius 3 is 2.84 bits per heavy atom. The van der Waals surface area contributed by atoms with Crippen LogP contribution in [-0.4, -0.2) is 29.7 Å². The van der Waals surface area contributed by atoms with Gasteiger partial charge in [0.15, 0.2) is 11.6 Å². The highest BCUT2D eigenvalue weighted by atomic mass is 32.2. The molecule has 4 aromatic heterocycles. The average molecular weight is 350 g/mol. The van der Waals surface area contributed by atoms with Crippen molar-refractivity contribution in [3.8, 4) is 0 Å². The first-order valence-corrected chi connectivity index (χ1v) is 8.27. The summed E-state index contributed by atoms with van der Waals surface area (Å²) in [7, 11) is 1.85. The highest BCUT2D eigenvalue weighted by Gasteiger charge is 2.10. The third-order valence-electron chi connectivity index (χ3n) is 3.42. The molecule has 9 heteroatoms. The molecule has 25 heavy (non-hydrogen) atoms. The molecular weight excluding hydrogens is 336 g/mol. The summed E-state index contributed by atoms with van der Waals surface area (Å²) in [6, 6.07) is 9.26. The van der Waals surface area contributed by atoms with Crippen LogP contribution in [0.25, 0.3) is 11.0 Å². The molecule has 0 saturated carbocycles. The standard InChI is InChI=1S/C16H14N8S/c1-24-8-6-12(23-24)21-15-14-11(19-9-20-15)4-5-13(22-14)25-16-10(17)3-2-7-18-16/h2-9H,17H2,1H3,(H,19,20,21,23). The van der Waals surface area contributed by atoms with E-state index in [0.717, 1.165) is 10.5 Å². The van der Waals surface area contributed by atoms with Crippen LogP contribution in [0.5, 0.6) is 0 Å². The van der Waals surface area contributed by atoms with Gasteiger partial charge in [-0.05, 0) is 36.0 Å². The van der Waals surface area contributed by atoms with Gasteiger partial charge in [-0.1, -0.05) is 0 Å². The normalized spacial score (nSPS) is 10.9. The minimum atomic E-state index is 0.597. The van der Waals surface area contributed by atoms with Gasteiger partial charge in [0.1, 0.15) is 21.9 Å². The second-order valence-corrected chi connectivity index (χ2v) is 6.25. The summed E-state index contributed by atoms with van der Waals surface area (Å²) >= 11 is 1.40. The van der Waals surface area contributed by atoms with E-state index in [0.29, 0.717) is 27.9 Å². The quantitative estimate of drug-likeness (QED) is 0.578. The van der Waals surface area contributed by atoms with Gasteiger partial charge >= 0.3 is 0 Å². The van der Waals surface area contributed by atoms with Gasteiger partial charge in [-0.25, -0.2) is 19.9 Å². The fraction of sp³-hybridized carbons (Fsp3) is 0.0625. The molecule has 4 heterocycles. The fourth-order valence-electron chi connectivity index (χ4n) is 2.26. The zero-order valence-corrected chi connectivity index (χ0v) is 14.1. The van der Waals surface area contributed by atoms with Crippen molar-refractivity contribution >= 4 is 40.1 Å². The van der Waals surface area contributed by atoms with Crippen LogP contribution in [0.15, 0.2) is 59.1 Å². The maximum Gasteiger partial charge on any atom is 0.161 e. The molecule has 124 valence electrons. The van der Waals surface area contributed by atoms with Crippen LogP contribution in [-0.2, 0) is 7.05 Å². The highest BCUT2D eigenvalue weighted by molar-refractivity contribution is 7.99. The number of pyridine rings is 2. The van der Waals surface area contributed by atoms with Crippen LogP contribution < -0.4 is 11.1 Å².